The van der Waals surface area contributed by atoms with Gasteiger partial charge < -0.3 is 9.30 Å². The molecule has 46 heavy (non-hydrogen) atoms. The number of ether oxygens (including phenoxy) is 1. The third-order valence-corrected chi connectivity index (χ3v) is 9.14. The van der Waals surface area contributed by atoms with E-state index in [1.807, 2.05) is 41.0 Å². The Bertz CT molecular complexity index is 2090. The van der Waals surface area contributed by atoms with Gasteiger partial charge in [-0.05, 0) is 61.7 Å². The van der Waals surface area contributed by atoms with Crippen molar-refractivity contribution in [2.75, 3.05) is 0 Å². The molecule has 0 radical (unpaired) electrons. The summed E-state index contributed by atoms with van der Waals surface area (Å²) in [5.41, 5.74) is 8.85. The van der Waals surface area contributed by atoms with Crippen LogP contribution in [0.15, 0.2) is 78.5 Å². The molecule has 1 unspecified atom stereocenters. The van der Waals surface area contributed by atoms with E-state index in [-0.39, 0.29) is 26.9 Å². The monoisotopic (exact) mass is 791 g/mol. The average molecular weight is 792 g/mol. The molecule has 6 aromatic rings. The van der Waals surface area contributed by atoms with Crippen molar-refractivity contribution < 1.29 is 30.2 Å². The van der Waals surface area contributed by atoms with Gasteiger partial charge in [-0.15, -0.1) is 35.7 Å². The fraction of sp³-hybridized carbons (Fsp3) is 0.282. The predicted molar refractivity (Wildman–Crippen MR) is 178 cm³/mol. The van der Waals surface area contributed by atoms with Crippen LogP contribution in [0.3, 0.4) is 0 Å². The van der Waals surface area contributed by atoms with Crippen molar-refractivity contribution in [1.82, 2.24) is 19.3 Å². The summed E-state index contributed by atoms with van der Waals surface area (Å²) in [4.78, 5) is 4.47. The maximum Gasteiger partial charge on any atom is 2.00 e. The van der Waals surface area contributed by atoms with Gasteiger partial charge in [-0.25, -0.2) is 9.37 Å². The second kappa shape index (κ2) is 13.0. The van der Waals surface area contributed by atoms with Crippen LogP contribution in [-0.4, -0.2) is 19.3 Å². The number of allylic oxidation sites excluding steroid dienone is 2. The molecule has 236 valence electrons. The largest absolute Gasteiger partial charge is 2.00 e. The Hall–Kier alpha value is -4.02. The molecule has 0 fully saturated rings. The first-order chi connectivity index (χ1) is 21.9. The van der Waals surface area contributed by atoms with E-state index < -0.39 is 0 Å². The number of hydrogen-bond acceptors (Lipinski definition) is 3. The van der Waals surface area contributed by atoms with Gasteiger partial charge in [0.25, 0.3) is 0 Å². The van der Waals surface area contributed by atoms with Gasteiger partial charge in [-0.3, -0.25) is 4.68 Å². The Balaban J connectivity index is 0.00000372. The molecule has 0 aliphatic heterocycles. The molecule has 0 amide bonds. The summed E-state index contributed by atoms with van der Waals surface area (Å²) in [7, 11) is 0. The molecular weight excluding hydrogens is 755 g/mol. The van der Waals surface area contributed by atoms with E-state index in [0.29, 0.717) is 29.2 Å². The van der Waals surface area contributed by atoms with Crippen LogP contribution in [0, 0.1) is 30.8 Å². The smallest absolute Gasteiger partial charge is 0.509 e. The molecule has 3 aromatic carbocycles. The summed E-state index contributed by atoms with van der Waals surface area (Å²) < 4.78 is 24.8. The molecule has 3 heterocycles. The Morgan fingerprint density at radius 1 is 0.957 bits per heavy atom. The van der Waals surface area contributed by atoms with Crippen LogP contribution in [0.25, 0.3) is 33.3 Å². The number of benzene rings is 3. The molecule has 0 N–H and O–H groups in total. The number of pyridine rings is 1. The van der Waals surface area contributed by atoms with Crippen LogP contribution in [-0.2, 0) is 33.9 Å². The zero-order valence-corrected chi connectivity index (χ0v) is 29.1. The first-order valence-corrected chi connectivity index (χ1v) is 15.9. The number of para-hydroxylation sites is 1. The zero-order valence-electron chi connectivity index (χ0n) is 26.8. The van der Waals surface area contributed by atoms with E-state index in [1.54, 1.807) is 0 Å². The number of nitrogens with zero attached hydrogens (tertiary/aromatic N) is 4. The Morgan fingerprint density at radius 2 is 1.78 bits per heavy atom. The van der Waals surface area contributed by atoms with Gasteiger partial charge in [-0.2, -0.15) is 16.7 Å². The van der Waals surface area contributed by atoms with Gasteiger partial charge in [0.1, 0.15) is 11.6 Å². The third kappa shape index (κ3) is 5.62. The topological polar surface area (TPSA) is 44.9 Å². The van der Waals surface area contributed by atoms with Crippen molar-refractivity contribution in [2.45, 2.75) is 66.2 Å². The Kier molecular flexibility index (Phi) is 9.03. The second-order valence-corrected chi connectivity index (χ2v) is 12.2. The van der Waals surface area contributed by atoms with Crippen LogP contribution in [0.4, 0.5) is 4.39 Å². The van der Waals surface area contributed by atoms with Crippen molar-refractivity contribution in [3.63, 3.8) is 0 Å². The molecule has 7 heteroatoms. The van der Waals surface area contributed by atoms with Gasteiger partial charge in [0.05, 0.1) is 5.69 Å². The summed E-state index contributed by atoms with van der Waals surface area (Å²) in [5.74, 6) is 2.24. The Morgan fingerprint density at radius 3 is 2.54 bits per heavy atom. The van der Waals surface area contributed by atoms with Crippen molar-refractivity contribution in [2.24, 2.45) is 5.92 Å². The van der Waals surface area contributed by atoms with E-state index >= 15 is 0 Å². The minimum absolute atomic E-state index is 0. The summed E-state index contributed by atoms with van der Waals surface area (Å²) >= 11 is 0. The maximum absolute atomic E-state index is 14.3. The summed E-state index contributed by atoms with van der Waals surface area (Å²) in [5, 5.41) is 7.20. The predicted octanol–water partition coefficient (Wildman–Crippen LogP) is 9.79. The van der Waals surface area contributed by atoms with Crippen molar-refractivity contribution in [3.8, 4) is 23.0 Å². The van der Waals surface area contributed by atoms with Crippen LogP contribution in [0.1, 0.15) is 69.0 Å². The van der Waals surface area contributed by atoms with Gasteiger partial charge >= 0.3 is 21.1 Å². The number of rotatable bonds is 7. The van der Waals surface area contributed by atoms with Crippen molar-refractivity contribution >= 4 is 21.8 Å². The van der Waals surface area contributed by atoms with Gasteiger partial charge in [0, 0.05) is 46.5 Å². The Labute approximate surface area is 284 Å². The minimum Gasteiger partial charge on any atom is -0.509 e. The van der Waals surface area contributed by atoms with Gasteiger partial charge in [0.15, 0.2) is 0 Å². The van der Waals surface area contributed by atoms with Crippen LogP contribution in [0.5, 0.6) is 11.5 Å². The fourth-order valence-corrected chi connectivity index (χ4v) is 7.14. The van der Waals surface area contributed by atoms with E-state index in [1.165, 1.54) is 41.6 Å². The molecule has 3 aromatic heterocycles. The minimum atomic E-state index is -0.344. The van der Waals surface area contributed by atoms with Crippen LogP contribution in [0.2, 0.25) is 0 Å². The molecule has 0 saturated heterocycles. The number of aryl methyl sites for hydroxylation is 2. The SMILES string of the molecule is CCc1nn(-c2[c-]c(Oc3[c-]c4c(cc3)c3ccccc3n4-c3cc(F)ccn3)cc(C)c2)c(CC)c1C1C(C)=CCC[C@@H]1C.[Pt+2]. The van der Waals surface area contributed by atoms with E-state index in [9.17, 15) is 4.39 Å². The van der Waals surface area contributed by atoms with Crippen LogP contribution >= 0.6 is 0 Å². The van der Waals surface area contributed by atoms with E-state index in [2.05, 4.69) is 74.6 Å². The molecule has 7 rings (SSSR count). The summed E-state index contributed by atoms with van der Waals surface area (Å²) in [6.07, 6.45) is 7.99. The third-order valence-electron chi connectivity index (χ3n) is 9.14. The molecule has 0 saturated carbocycles. The van der Waals surface area contributed by atoms with Crippen molar-refractivity contribution in [3.05, 3.63) is 119 Å². The quantitative estimate of drug-likeness (QED) is 0.120. The van der Waals surface area contributed by atoms with Crippen LogP contribution < -0.4 is 4.74 Å². The molecular formula is C39H37FN4OPt. The zero-order chi connectivity index (χ0) is 31.2. The van der Waals surface area contributed by atoms with Gasteiger partial charge in [-0.1, -0.05) is 63.1 Å². The molecule has 2 atom stereocenters. The average Bonchev–Trinajstić information content (AvgIpc) is 3.56. The first-order valence-electron chi connectivity index (χ1n) is 15.9. The molecule has 0 bridgehead atoms. The summed E-state index contributed by atoms with van der Waals surface area (Å²) in [6, 6.07) is 25.9. The fourth-order valence-electron chi connectivity index (χ4n) is 7.14. The second-order valence-electron chi connectivity index (χ2n) is 12.2. The first kappa shape index (κ1) is 31.9. The normalized spacial score (nSPS) is 16.4. The standard InChI is InChI=1S/C39H37FN4O.Pt/c1-6-33-39(38-25(4)11-10-12-26(38)5)34(7-2)44(42-33)28-19-24(3)20-30(22-28)45-29-15-16-32-31-13-8-9-14-35(31)43(36(32)23-29)37-21-27(40)17-18-41-37;/h8-9,11,13-21,26,38H,6-7,10,12H2,1-5H3;/q-2;+2/t26-,38?;/m0./s1. The van der Waals surface area contributed by atoms with E-state index in [0.717, 1.165) is 58.0 Å². The van der Waals surface area contributed by atoms with Gasteiger partial charge in [0.2, 0.25) is 0 Å². The molecule has 5 nitrogen and oxygen atoms in total. The number of fused-ring (bicyclic) bond motifs is 3. The number of aromatic nitrogens is 4. The van der Waals surface area contributed by atoms with Crippen molar-refractivity contribution in [1.29, 1.82) is 0 Å². The number of halogens is 1. The summed E-state index contributed by atoms with van der Waals surface area (Å²) in [6.45, 7) is 11.1. The molecule has 0 spiro atoms. The number of hydrogen-bond donors (Lipinski definition) is 0. The molecule has 1 aliphatic rings. The maximum atomic E-state index is 14.3. The molecule has 1 aliphatic carbocycles. The van der Waals surface area contributed by atoms with E-state index in [4.69, 9.17) is 9.84 Å².